The van der Waals surface area contributed by atoms with Crippen LogP contribution in [0.15, 0.2) is 48.5 Å². The molecule has 0 saturated carbocycles. The number of hydrogen-bond donors (Lipinski definition) is 2. The molecule has 124 valence electrons. The maximum atomic E-state index is 13.5. The van der Waals surface area contributed by atoms with Gasteiger partial charge in [-0.25, -0.2) is 4.39 Å². The number of hydrogen-bond acceptors (Lipinski definition) is 1. The Morgan fingerprint density at radius 1 is 1.08 bits per heavy atom. The third-order valence-corrected chi connectivity index (χ3v) is 3.52. The van der Waals surface area contributed by atoms with Crippen molar-refractivity contribution >= 4 is 22.5 Å². The van der Waals surface area contributed by atoms with Crippen molar-refractivity contribution in [1.82, 2.24) is 4.98 Å². The molecule has 2 N–H and O–H groups in total. The molecule has 0 aliphatic carbocycles. The number of anilines is 1. The third kappa shape index (κ3) is 3.40. The highest BCUT2D eigenvalue weighted by molar-refractivity contribution is 5.95. The monoisotopic (exact) mass is 336 g/mol. The van der Waals surface area contributed by atoms with Crippen molar-refractivity contribution in [3.8, 4) is 0 Å². The van der Waals surface area contributed by atoms with Crippen LogP contribution in [-0.2, 0) is 17.4 Å². The lowest BCUT2D eigenvalue weighted by molar-refractivity contribution is -0.140. The molecule has 3 nitrogen and oxygen atoms in total. The van der Waals surface area contributed by atoms with E-state index in [0.29, 0.717) is 16.6 Å². The highest BCUT2D eigenvalue weighted by atomic mass is 19.4. The first-order valence-electron chi connectivity index (χ1n) is 7.06. The van der Waals surface area contributed by atoms with Crippen molar-refractivity contribution in [2.24, 2.45) is 0 Å². The summed E-state index contributed by atoms with van der Waals surface area (Å²) in [5.74, 6) is -0.936. The molecule has 2 aromatic carbocycles. The quantitative estimate of drug-likeness (QED) is 0.679. The Bertz CT molecular complexity index is 899. The van der Waals surface area contributed by atoms with Crippen LogP contribution in [0.5, 0.6) is 0 Å². The molecule has 7 heteroatoms. The second-order valence-electron chi connectivity index (χ2n) is 5.30. The molecule has 1 amide bonds. The summed E-state index contributed by atoms with van der Waals surface area (Å²) in [6.07, 6.45) is -4.63. The van der Waals surface area contributed by atoms with Crippen molar-refractivity contribution in [1.29, 1.82) is 0 Å². The molecular formula is C17H12F4N2O. The van der Waals surface area contributed by atoms with Crippen molar-refractivity contribution in [2.75, 3.05) is 5.32 Å². The van der Waals surface area contributed by atoms with Crippen LogP contribution in [0.3, 0.4) is 0 Å². The van der Waals surface area contributed by atoms with Crippen LogP contribution in [0.1, 0.15) is 11.3 Å². The normalized spacial score (nSPS) is 11.7. The number of alkyl halides is 3. The van der Waals surface area contributed by atoms with E-state index < -0.39 is 23.6 Å². The molecule has 3 aromatic rings. The SMILES string of the molecule is O=C(Cc1ccccc1F)Nc1ccc2[nH]c(C(F)(F)F)cc2c1. The van der Waals surface area contributed by atoms with Gasteiger partial charge in [-0.15, -0.1) is 0 Å². The minimum atomic E-state index is -4.47. The Labute approximate surface area is 134 Å². The van der Waals surface area contributed by atoms with E-state index in [9.17, 15) is 22.4 Å². The number of amides is 1. The summed E-state index contributed by atoms with van der Waals surface area (Å²) in [4.78, 5) is 14.2. The first-order chi connectivity index (χ1) is 11.3. The topological polar surface area (TPSA) is 44.9 Å². The fraction of sp³-hybridized carbons (Fsp3) is 0.118. The van der Waals surface area contributed by atoms with Crippen molar-refractivity contribution < 1.29 is 22.4 Å². The number of H-pyrrole nitrogens is 1. The molecule has 0 aliphatic rings. The number of aromatic amines is 1. The number of aromatic nitrogens is 1. The van der Waals surface area contributed by atoms with Gasteiger partial charge in [0.15, 0.2) is 0 Å². The zero-order valence-electron chi connectivity index (χ0n) is 12.2. The average molecular weight is 336 g/mol. The van der Waals surface area contributed by atoms with Crippen LogP contribution in [-0.4, -0.2) is 10.9 Å². The van der Waals surface area contributed by atoms with Gasteiger partial charge >= 0.3 is 6.18 Å². The van der Waals surface area contributed by atoms with Crippen molar-refractivity contribution in [3.63, 3.8) is 0 Å². The van der Waals surface area contributed by atoms with Gasteiger partial charge < -0.3 is 10.3 Å². The summed E-state index contributed by atoms with van der Waals surface area (Å²) >= 11 is 0. The van der Waals surface area contributed by atoms with Gasteiger partial charge in [0, 0.05) is 16.6 Å². The summed E-state index contributed by atoms with van der Waals surface area (Å²) in [6.45, 7) is 0. The Hall–Kier alpha value is -2.83. The van der Waals surface area contributed by atoms with E-state index >= 15 is 0 Å². The Morgan fingerprint density at radius 2 is 1.83 bits per heavy atom. The molecule has 1 heterocycles. The van der Waals surface area contributed by atoms with Gasteiger partial charge in [-0.1, -0.05) is 18.2 Å². The summed E-state index contributed by atoms with van der Waals surface area (Å²) in [7, 11) is 0. The Morgan fingerprint density at radius 3 is 2.54 bits per heavy atom. The van der Waals surface area contributed by atoms with E-state index in [1.165, 1.54) is 36.4 Å². The van der Waals surface area contributed by atoms with E-state index in [0.717, 1.165) is 6.07 Å². The third-order valence-electron chi connectivity index (χ3n) is 3.52. The van der Waals surface area contributed by atoms with Crippen LogP contribution in [0.2, 0.25) is 0 Å². The molecule has 0 aliphatic heterocycles. The van der Waals surface area contributed by atoms with E-state index in [1.807, 2.05) is 0 Å². The minimum absolute atomic E-state index is 0.161. The largest absolute Gasteiger partial charge is 0.431 e. The smallest absolute Gasteiger partial charge is 0.351 e. The van der Waals surface area contributed by atoms with Gasteiger partial charge in [-0.2, -0.15) is 13.2 Å². The van der Waals surface area contributed by atoms with E-state index in [-0.39, 0.29) is 12.0 Å². The zero-order chi connectivity index (χ0) is 17.3. The van der Waals surface area contributed by atoms with Crippen molar-refractivity contribution in [3.05, 3.63) is 65.6 Å². The molecule has 0 atom stereocenters. The molecule has 0 saturated heterocycles. The predicted molar refractivity (Wildman–Crippen MR) is 82.0 cm³/mol. The standard InChI is InChI=1S/C17H12F4N2O/c18-13-4-2-1-3-10(13)9-16(24)22-12-5-6-14-11(7-12)8-15(23-14)17(19,20)21/h1-8,23H,9H2,(H,22,24). The summed E-state index contributed by atoms with van der Waals surface area (Å²) in [5, 5.41) is 2.88. The number of carbonyl (C=O) groups is 1. The number of benzene rings is 2. The fourth-order valence-electron chi connectivity index (χ4n) is 2.38. The molecule has 0 bridgehead atoms. The molecule has 0 unspecified atom stereocenters. The number of fused-ring (bicyclic) bond motifs is 1. The van der Waals surface area contributed by atoms with Crippen LogP contribution < -0.4 is 5.32 Å². The summed E-state index contributed by atoms with van der Waals surface area (Å²) < 4.78 is 51.6. The lowest BCUT2D eigenvalue weighted by Crippen LogP contribution is -2.15. The lowest BCUT2D eigenvalue weighted by Gasteiger charge is -2.06. The number of halogens is 4. The maximum Gasteiger partial charge on any atom is 0.431 e. The summed E-state index contributed by atoms with van der Waals surface area (Å²) in [6, 6.07) is 11.2. The first kappa shape index (κ1) is 16.0. The second kappa shape index (κ2) is 5.99. The second-order valence-corrected chi connectivity index (χ2v) is 5.30. The number of rotatable bonds is 3. The van der Waals surface area contributed by atoms with Crippen LogP contribution >= 0.6 is 0 Å². The Balaban J connectivity index is 1.77. The molecule has 0 fully saturated rings. The minimum Gasteiger partial charge on any atom is -0.351 e. The van der Waals surface area contributed by atoms with Crippen molar-refractivity contribution in [2.45, 2.75) is 12.6 Å². The van der Waals surface area contributed by atoms with Gasteiger partial charge in [-0.3, -0.25) is 4.79 Å². The highest BCUT2D eigenvalue weighted by Gasteiger charge is 2.32. The van der Waals surface area contributed by atoms with E-state index in [2.05, 4.69) is 10.3 Å². The number of carbonyl (C=O) groups excluding carboxylic acids is 1. The summed E-state index contributed by atoms with van der Waals surface area (Å²) in [5.41, 5.74) is 0.0513. The lowest BCUT2D eigenvalue weighted by atomic mass is 10.1. The first-order valence-corrected chi connectivity index (χ1v) is 7.06. The molecule has 1 aromatic heterocycles. The number of nitrogens with one attached hydrogen (secondary N) is 2. The molecule has 24 heavy (non-hydrogen) atoms. The van der Waals surface area contributed by atoms with E-state index in [4.69, 9.17) is 0 Å². The van der Waals surface area contributed by atoms with Gasteiger partial charge in [0.05, 0.1) is 6.42 Å². The predicted octanol–water partition coefficient (Wildman–Crippen LogP) is 4.51. The van der Waals surface area contributed by atoms with Crippen LogP contribution in [0, 0.1) is 5.82 Å². The Kier molecular flexibility index (Phi) is 4.01. The van der Waals surface area contributed by atoms with Gasteiger partial charge in [0.1, 0.15) is 11.5 Å². The molecule has 0 spiro atoms. The van der Waals surface area contributed by atoms with Crippen LogP contribution in [0.4, 0.5) is 23.2 Å². The molecular weight excluding hydrogens is 324 g/mol. The van der Waals surface area contributed by atoms with Gasteiger partial charge in [0.2, 0.25) is 5.91 Å². The van der Waals surface area contributed by atoms with E-state index in [1.54, 1.807) is 6.07 Å². The zero-order valence-corrected chi connectivity index (χ0v) is 12.2. The van der Waals surface area contributed by atoms with Gasteiger partial charge in [0.25, 0.3) is 0 Å². The fourth-order valence-corrected chi connectivity index (χ4v) is 2.38. The molecule has 3 rings (SSSR count). The maximum absolute atomic E-state index is 13.5. The van der Waals surface area contributed by atoms with Crippen LogP contribution in [0.25, 0.3) is 10.9 Å². The van der Waals surface area contributed by atoms with Gasteiger partial charge in [-0.05, 0) is 35.9 Å². The molecule has 0 radical (unpaired) electrons. The highest BCUT2D eigenvalue weighted by Crippen LogP contribution is 2.31. The average Bonchev–Trinajstić information content (AvgIpc) is 2.93.